The van der Waals surface area contributed by atoms with Crippen LogP contribution in [0, 0.1) is 0 Å². The molecule has 2 N–H and O–H groups in total. The molecule has 1 rings (SSSR count). The second-order valence-electron chi connectivity index (χ2n) is 9.76. The lowest BCUT2D eigenvalue weighted by molar-refractivity contribution is -0.150. The SMILES string of the molecule is O=C(CO)CCCCC(=O)OCCCCOC(=O)CCC(=O)OCCCCOC(=O)c1ccc(C(=O)OCCCCO)cc1. The molecular formula is C31H44O13. The highest BCUT2D eigenvalue weighted by Crippen LogP contribution is 2.09. The van der Waals surface area contributed by atoms with Crippen LogP contribution in [0.2, 0.25) is 0 Å². The number of hydrogen-bond acceptors (Lipinski definition) is 13. The Morgan fingerprint density at radius 1 is 0.455 bits per heavy atom. The second-order valence-corrected chi connectivity index (χ2v) is 9.76. The molecule has 0 radical (unpaired) electrons. The Kier molecular flexibility index (Phi) is 21.3. The first-order chi connectivity index (χ1) is 21.3. The van der Waals surface area contributed by atoms with Crippen molar-refractivity contribution >= 4 is 35.6 Å². The molecule has 246 valence electrons. The maximum atomic E-state index is 12.2. The number of carbonyl (C=O) groups excluding carboxylic acids is 6. The highest BCUT2D eigenvalue weighted by atomic mass is 16.5. The summed E-state index contributed by atoms with van der Waals surface area (Å²) in [6, 6.07) is 5.88. The van der Waals surface area contributed by atoms with Crippen LogP contribution < -0.4 is 0 Å². The van der Waals surface area contributed by atoms with Gasteiger partial charge in [-0.25, -0.2) is 9.59 Å². The van der Waals surface area contributed by atoms with Gasteiger partial charge in [0.15, 0.2) is 5.78 Å². The van der Waals surface area contributed by atoms with Crippen LogP contribution >= 0.6 is 0 Å². The topological polar surface area (TPSA) is 189 Å². The smallest absolute Gasteiger partial charge is 0.338 e. The van der Waals surface area contributed by atoms with E-state index in [1.165, 1.54) is 24.3 Å². The predicted molar refractivity (Wildman–Crippen MR) is 154 cm³/mol. The highest BCUT2D eigenvalue weighted by molar-refractivity contribution is 5.93. The summed E-state index contributed by atoms with van der Waals surface area (Å²) >= 11 is 0. The van der Waals surface area contributed by atoms with E-state index in [1.54, 1.807) is 0 Å². The molecule has 13 nitrogen and oxygen atoms in total. The van der Waals surface area contributed by atoms with E-state index in [9.17, 15) is 28.8 Å². The number of esters is 5. The third-order valence-corrected chi connectivity index (χ3v) is 6.04. The van der Waals surface area contributed by atoms with Gasteiger partial charge in [0, 0.05) is 19.4 Å². The first-order valence-electron chi connectivity index (χ1n) is 14.9. The Labute approximate surface area is 257 Å². The summed E-state index contributed by atoms with van der Waals surface area (Å²) < 4.78 is 25.5. The van der Waals surface area contributed by atoms with Crippen LogP contribution in [0.15, 0.2) is 24.3 Å². The summed E-state index contributed by atoms with van der Waals surface area (Å²) in [5, 5.41) is 17.4. The molecule has 44 heavy (non-hydrogen) atoms. The minimum Gasteiger partial charge on any atom is -0.466 e. The van der Waals surface area contributed by atoms with Gasteiger partial charge in [-0.1, -0.05) is 0 Å². The van der Waals surface area contributed by atoms with Gasteiger partial charge in [0.2, 0.25) is 0 Å². The number of carbonyl (C=O) groups is 6. The highest BCUT2D eigenvalue weighted by Gasteiger charge is 2.12. The quantitative estimate of drug-likeness (QED) is 0.0918. The van der Waals surface area contributed by atoms with E-state index in [4.69, 9.17) is 33.9 Å². The third-order valence-electron chi connectivity index (χ3n) is 6.04. The molecule has 0 aliphatic rings. The number of ether oxygens (including phenoxy) is 5. The van der Waals surface area contributed by atoms with E-state index in [2.05, 4.69) is 0 Å². The Bertz CT molecular complexity index is 1020. The van der Waals surface area contributed by atoms with Crippen molar-refractivity contribution in [3.8, 4) is 0 Å². The van der Waals surface area contributed by atoms with Crippen LogP contribution in [0.25, 0.3) is 0 Å². The van der Waals surface area contributed by atoms with E-state index >= 15 is 0 Å². The number of Topliss-reactive ketones (excluding diaryl/α,β-unsaturated/α-hetero) is 1. The number of rotatable bonds is 25. The fourth-order valence-electron chi connectivity index (χ4n) is 3.51. The maximum Gasteiger partial charge on any atom is 0.338 e. The van der Waals surface area contributed by atoms with Crippen molar-refractivity contribution in [1.29, 1.82) is 0 Å². The summed E-state index contributed by atoms with van der Waals surface area (Å²) in [6.07, 6.45) is 4.24. The summed E-state index contributed by atoms with van der Waals surface area (Å²) in [5.41, 5.74) is 0.581. The fourth-order valence-corrected chi connectivity index (χ4v) is 3.51. The van der Waals surface area contributed by atoms with Crippen LogP contribution in [-0.4, -0.2) is 92.1 Å². The average molecular weight is 625 g/mol. The van der Waals surface area contributed by atoms with Gasteiger partial charge >= 0.3 is 29.8 Å². The lowest BCUT2D eigenvalue weighted by atomic mass is 10.1. The molecule has 1 aromatic carbocycles. The number of aliphatic hydroxyl groups excluding tert-OH is 2. The maximum absolute atomic E-state index is 12.2. The van der Waals surface area contributed by atoms with Gasteiger partial charge in [0.05, 0.1) is 57.0 Å². The van der Waals surface area contributed by atoms with E-state index in [0.29, 0.717) is 56.9 Å². The van der Waals surface area contributed by atoms with Gasteiger partial charge < -0.3 is 33.9 Å². The van der Waals surface area contributed by atoms with Crippen LogP contribution in [0.1, 0.15) is 97.8 Å². The number of hydrogen-bond donors (Lipinski definition) is 2. The summed E-state index contributed by atoms with van der Waals surface area (Å²) in [5.74, 6) is -2.76. The minimum absolute atomic E-state index is 0.0350. The molecule has 0 bridgehead atoms. The fraction of sp³-hybridized carbons (Fsp3) is 0.613. The molecule has 0 fully saturated rings. The van der Waals surface area contributed by atoms with Crippen molar-refractivity contribution in [3.05, 3.63) is 35.4 Å². The zero-order valence-electron chi connectivity index (χ0n) is 25.1. The van der Waals surface area contributed by atoms with Crippen LogP contribution in [0.5, 0.6) is 0 Å². The monoisotopic (exact) mass is 624 g/mol. The zero-order valence-corrected chi connectivity index (χ0v) is 25.1. The molecular weight excluding hydrogens is 580 g/mol. The normalized spacial score (nSPS) is 10.5. The van der Waals surface area contributed by atoms with Crippen molar-refractivity contribution in [2.24, 2.45) is 0 Å². The van der Waals surface area contributed by atoms with Crippen LogP contribution in [0.3, 0.4) is 0 Å². The number of ketones is 1. The lowest BCUT2D eigenvalue weighted by Crippen LogP contribution is -2.12. The molecule has 1 aromatic rings. The molecule has 0 aromatic heterocycles. The predicted octanol–water partition coefficient (Wildman–Crippen LogP) is 2.86. The molecule has 0 saturated carbocycles. The van der Waals surface area contributed by atoms with Crippen molar-refractivity contribution in [1.82, 2.24) is 0 Å². The molecule has 0 atom stereocenters. The van der Waals surface area contributed by atoms with Crippen molar-refractivity contribution in [2.45, 2.75) is 77.0 Å². The summed E-state index contributed by atoms with van der Waals surface area (Å²) in [6.45, 7) is 0.305. The van der Waals surface area contributed by atoms with Crippen LogP contribution in [-0.2, 0) is 42.9 Å². The van der Waals surface area contributed by atoms with Gasteiger partial charge in [0.1, 0.15) is 6.61 Å². The molecule has 0 unspecified atom stereocenters. The van der Waals surface area contributed by atoms with E-state index in [1.807, 2.05) is 0 Å². The standard InChI is InChI=1S/C31H44O13/c32-17-3-4-21-43-30(38)24-11-13-25(14-12-24)31(39)44-22-8-7-20-42-29(37)16-15-28(36)41-19-6-5-18-40-27(35)10-2-1-9-26(34)23-33/h11-14,32-33H,1-10,15-23H2. The van der Waals surface area contributed by atoms with Gasteiger partial charge in [-0.2, -0.15) is 0 Å². The van der Waals surface area contributed by atoms with Crippen molar-refractivity contribution < 1.29 is 62.7 Å². The average Bonchev–Trinajstić information content (AvgIpc) is 3.03. The van der Waals surface area contributed by atoms with Gasteiger partial charge in [0.25, 0.3) is 0 Å². The van der Waals surface area contributed by atoms with Crippen molar-refractivity contribution in [3.63, 3.8) is 0 Å². The Morgan fingerprint density at radius 3 is 1.23 bits per heavy atom. The van der Waals surface area contributed by atoms with Crippen molar-refractivity contribution in [2.75, 3.05) is 46.2 Å². The molecule has 0 saturated heterocycles. The van der Waals surface area contributed by atoms with E-state index in [-0.39, 0.29) is 82.6 Å². The van der Waals surface area contributed by atoms with Gasteiger partial charge in [-0.3, -0.25) is 19.2 Å². The number of aliphatic hydroxyl groups is 2. The van der Waals surface area contributed by atoms with Gasteiger partial charge in [-0.05, 0) is 75.6 Å². The van der Waals surface area contributed by atoms with E-state index < -0.39 is 30.5 Å². The molecule has 0 aliphatic heterocycles. The largest absolute Gasteiger partial charge is 0.466 e. The zero-order chi connectivity index (χ0) is 32.4. The molecule has 13 heteroatoms. The third kappa shape index (κ3) is 19.4. The molecule has 0 spiro atoms. The first kappa shape index (κ1) is 38.2. The molecule has 0 amide bonds. The Hall–Kier alpha value is -3.84. The molecule has 0 heterocycles. The summed E-state index contributed by atoms with van der Waals surface area (Å²) in [4.78, 5) is 70.3. The van der Waals surface area contributed by atoms with Gasteiger partial charge in [-0.15, -0.1) is 0 Å². The number of unbranched alkanes of at least 4 members (excludes halogenated alkanes) is 4. The number of benzene rings is 1. The van der Waals surface area contributed by atoms with Crippen LogP contribution in [0.4, 0.5) is 0 Å². The Morgan fingerprint density at radius 2 is 0.818 bits per heavy atom. The lowest BCUT2D eigenvalue weighted by Gasteiger charge is -2.08. The second kappa shape index (κ2) is 24.6. The first-order valence-corrected chi connectivity index (χ1v) is 14.9. The minimum atomic E-state index is -0.551. The Balaban J connectivity index is 2.02. The molecule has 0 aliphatic carbocycles. The van der Waals surface area contributed by atoms with E-state index in [0.717, 1.165) is 0 Å². The summed E-state index contributed by atoms with van der Waals surface area (Å²) in [7, 11) is 0.